The van der Waals surface area contributed by atoms with Crippen molar-refractivity contribution in [3.63, 3.8) is 0 Å². The Morgan fingerprint density at radius 3 is 2.18 bits per heavy atom. The Balaban J connectivity index is 1.42. The van der Waals surface area contributed by atoms with E-state index < -0.39 is 0 Å². The minimum atomic E-state index is -0.0114. The molecule has 0 bridgehead atoms. The highest BCUT2D eigenvalue weighted by molar-refractivity contribution is 5.92. The van der Waals surface area contributed by atoms with E-state index in [1.807, 2.05) is 17.0 Å². The van der Waals surface area contributed by atoms with Crippen molar-refractivity contribution in [3.05, 3.63) is 59.2 Å². The molecule has 2 aromatic carbocycles. The molecule has 4 rings (SSSR count). The minimum Gasteiger partial charge on any atom is -0.495 e. The van der Waals surface area contributed by atoms with Gasteiger partial charge in [-0.15, -0.1) is 0 Å². The first-order valence-corrected chi connectivity index (χ1v) is 12.5. The van der Waals surface area contributed by atoms with Crippen LogP contribution in [0.5, 0.6) is 5.75 Å². The van der Waals surface area contributed by atoms with Crippen LogP contribution in [0.2, 0.25) is 0 Å². The summed E-state index contributed by atoms with van der Waals surface area (Å²) in [7, 11) is 1.68. The van der Waals surface area contributed by atoms with Gasteiger partial charge in [-0.25, -0.2) is 4.79 Å². The van der Waals surface area contributed by atoms with Crippen LogP contribution in [-0.4, -0.2) is 55.2 Å². The number of carbonyl (C=O) groups is 1. The first-order valence-electron chi connectivity index (χ1n) is 12.5. The number of piperidine rings is 2. The molecule has 0 unspecified atom stereocenters. The van der Waals surface area contributed by atoms with Crippen molar-refractivity contribution in [1.29, 1.82) is 0 Å². The Kier molecular flexibility index (Phi) is 7.59. The molecule has 5 nitrogen and oxygen atoms in total. The van der Waals surface area contributed by atoms with E-state index in [-0.39, 0.29) is 6.03 Å². The number of carbonyl (C=O) groups excluding carboxylic acids is 1. The lowest BCUT2D eigenvalue weighted by molar-refractivity contribution is 0.172. The standard InChI is InChI=1S/C28H39N3O2/c1-20(2)30-16-14-24(15-17-30)25-6-5-7-26(33-4)27(25)29-28(32)31-18-12-23(13-19-31)22-10-8-21(3)9-11-22/h5-11,20,23-24H,12-19H2,1-4H3,(H,29,32). The number of nitrogens with one attached hydrogen (secondary N) is 1. The van der Waals surface area contributed by atoms with E-state index in [1.165, 1.54) is 16.7 Å². The summed E-state index contributed by atoms with van der Waals surface area (Å²) >= 11 is 0. The molecular formula is C28H39N3O2. The molecule has 0 spiro atoms. The summed E-state index contributed by atoms with van der Waals surface area (Å²) in [4.78, 5) is 17.7. The lowest BCUT2D eigenvalue weighted by Gasteiger charge is -2.36. The van der Waals surface area contributed by atoms with Crippen molar-refractivity contribution < 1.29 is 9.53 Å². The van der Waals surface area contributed by atoms with Crippen LogP contribution in [-0.2, 0) is 0 Å². The summed E-state index contributed by atoms with van der Waals surface area (Å²) in [6.07, 6.45) is 4.22. The van der Waals surface area contributed by atoms with Gasteiger partial charge in [-0.05, 0) is 88.6 Å². The SMILES string of the molecule is COc1cccc(C2CCN(C(C)C)CC2)c1NC(=O)N1CCC(c2ccc(C)cc2)CC1. The third kappa shape index (κ3) is 5.52. The second kappa shape index (κ2) is 10.6. The zero-order chi connectivity index (χ0) is 23.4. The van der Waals surface area contributed by atoms with E-state index >= 15 is 0 Å². The number of rotatable bonds is 5. The molecule has 2 heterocycles. The van der Waals surface area contributed by atoms with E-state index in [4.69, 9.17) is 4.74 Å². The predicted octanol–water partition coefficient (Wildman–Crippen LogP) is 6.00. The molecule has 0 atom stereocenters. The van der Waals surface area contributed by atoms with Gasteiger partial charge in [-0.3, -0.25) is 0 Å². The minimum absolute atomic E-state index is 0.0114. The summed E-state index contributed by atoms with van der Waals surface area (Å²) in [5.74, 6) is 1.72. The van der Waals surface area contributed by atoms with Crippen molar-refractivity contribution in [2.45, 2.75) is 64.3 Å². The van der Waals surface area contributed by atoms with E-state index in [1.54, 1.807) is 7.11 Å². The Morgan fingerprint density at radius 2 is 1.58 bits per heavy atom. The molecule has 1 N–H and O–H groups in total. The van der Waals surface area contributed by atoms with Crippen LogP contribution in [0.4, 0.5) is 10.5 Å². The summed E-state index contributed by atoms with van der Waals surface area (Å²) in [6, 6.07) is 15.6. The Bertz CT molecular complexity index is 925. The van der Waals surface area contributed by atoms with E-state index in [0.29, 0.717) is 17.9 Å². The molecule has 2 aromatic rings. The average molecular weight is 450 g/mol. The fourth-order valence-electron chi connectivity index (χ4n) is 5.36. The van der Waals surface area contributed by atoms with Gasteiger partial charge >= 0.3 is 6.03 Å². The zero-order valence-corrected chi connectivity index (χ0v) is 20.6. The number of urea groups is 1. The smallest absolute Gasteiger partial charge is 0.321 e. The van der Waals surface area contributed by atoms with Crippen molar-refractivity contribution in [2.75, 3.05) is 38.6 Å². The predicted molar refractivity (Wildman–Crippen MR) is 135 cm³/mol. The average Bonchev–Trinajstić information content (AvgIpc) is 2.85. The lowest BCUT2D eigenvalue weighted by Crippen LogP contribution is -2.41. The molecule has 0 saturated carbocycles. The molecular weight excluding hydrogens is 410 g/mol. The van der Waals surface area contributed by atoms with Crippen molar-refractivity contribution >= 4 is 11.7 Å². The maximum Gasteiger partial charge on any atom is 0.321 e. The third-order valence-electron chi connectivity index (χ3n) is 7.54. The summed E-state index contributed by atoms with van der Waals surface area (Å²) < 4.78 is 5.67. The Labute approximate surface area is 199 Å². The molecule has 0 radical (unpaired) electrons. The number of ether oxygens (including phenoxy) is 1. The molecule has 2 amide bonds. The molecule has 2 aliphatic rings. The monoisotopic (exact) mass is 449 g/mol. The fraction of sp³-hybridized carbons (Fsp3) is 0.536. The van der Waals surface area contributed by atoms with Gasteiger partial charge in [0.1, 0.15) is 5.75 Å². The van der Waals surface area contributed by atoms with Crippen LogP contribution in [0.15, 0.2) is 42.5 Å². The van der Waals surface area contributed by atoms with Crippen molar-refractivity contribution in [2.24, 2.45) is 0 Å². The zero-order valence-electron chi connectivity index (χ0n) is 20.6. The normalized spacial score (nSPS) is 18.5. The Hall–Kier alpha value is -2.53. The third-order valence-corrected chi connectivity index (χ3v) is 7.54. The topological polar surface area (TPSA) is 44.8 Å². The van der Waals surface area contributed by atoms with Crippen LogP contribution in [0, 0.1) is 6.92 Å². The number of amides is 2. The van der Waals surface area contributed by atoms with Crippen LogP contribution in [0.25, 0.3) is 0 Å². The fourth-order valence-corrected chi connectivity index (χ4v) is 5.36. The number of nitrogens with zero attached hydrogens (tertiary/aromatic N) is 2. The van der Waals surface area contributed by atoms with Crippen molar-refractivity contribution in [3.8, 4) is 5.75 Å². The number of hydrogen-bond donors (Lipinski definition) is 1. The molecule has 2 saturated heterocycles. The van der Waals surface area contributed by atoms with E-state index in [2.05, 4.69) is 61.3 Å². The van der Waals surface area contributed by atoms with Crippen LogP contribution in [0.1, 0.15) is 68.1 Å². The van der Waals surface area contributed by atoms with Gasteiger partial charge in [0.2, 0.25) is 0 Å². The first kappa shape index (κ1) is 23.6. The number of anilines is 1. The van der Waals surface area contributed by atoms with Gasteiger partial charge in [-0.2, -0.15) is 0 Å². The summed E-state index contributed by atoms with van der Waals surface area (Å²) in [6.45, 7) is 10.4. The highest BCUT2D eigenvalue weighted by atomic mass is 16.5. The molecule has 33 heavy (non-hydrogen) atoms. The Morgan fingerprint density at radius 1 is 0.939 bits per heavy atom. The first-order chi connectivity index (χ1) is 16.0. The second-order valence-electron chi connectivity index (χ2n) is 9.93. The highest BCUT2D eigenvalue weighted by Crippen LogP contribution is 2.39. The maximum atomic E-state index is 13.3. The number of likely N-dealkylation sites (tertiary alicyclic amines) is 2. The number of hydrogen-bond acceptors (Lipinski definition) is 3. The number of methoxy groups -OCH3 is 1. The van der Waals surface area contributed by atoms with Gasteiger partial charge in [-0.1, -0.05) is 42.0 Å². The number of aryl methyl sites for hydroxylation is 1. The molecule has 178 valence electrons. The van der Waals surface area contributed by atoms with Gasteiger partial charge in [0.15, 0.2) is 0 Å². The highest BCUT2D eigenvalue weighted by Gasteiger charge is 2.28. The van der Waals surface area contributed by atoms with E-state index in [9.17, 15) is 4.79 Å². The van der Waals surface area contributed by atoms with Crippen LogP contribution >= 0.6 is 0 Å². The van der Waals surface area contributed by atoms with Crippen LogP contribution in [0.3, 0.4) is 0 Å². The van der Waals surface area contributed by atoms with Gasteiger partial charge in [0.25, 0.3) is 0 Å². The van der Waals surface area contributed by atoms with Gasteiger partial charge < -0.3 is 19.9 Å². The van der Waals surface area contributed by atoms with E-state index in [0.717, 1.165) is 63.3 Å². The second-order valence-corrected chi connectivity index (χ2v) is 9.93. The largest absolute Gasteiger partial charge is 0.495 e. The summed E-state index contributed by atoms with van der Waals surface area (Å²) in [5, 5.41) is 3.24. The lowest BCUT2D eigenvalue weighted by atomic mass is 9.87. The van der Waals surface area contributed by atoms with Gasteiger partial charge in [0, 0.05) is 19.1 Å². The quantitative estimate of drug-likeness (QED) is 0.609. The molecule has 2 fully saturated rings. The maximum absolute atomic E-state index is 13.3. The number of para-hydroxylation sites is 1. The number of benzene rings is 2. The van der Waals surface area contributed by atoms with Crippen molar-refractivity contribution in [1.82, 2.24) is 9.80 Å². The molecule has 5 heteroatoms. The van der Waals surface area contributed by atoms with Crippen LogP contribution < -0.4 is 10.1 Å². The summed E-state index contributed by atoms with van der Waals surface area (Å²) in [5.41, 5.74) is 4.74. The molecule has 0 aliphatic carbocycles. The molecule has 0 aromatic heterocycles. The molecule has 2 aliphatic heterocycles. The van der Waals surface area contributed by atoms with Gasteiger partial charge in [0.05, 0.1) is 12.8 Å².